The minimum Gasteiger partial charge on any atom is -0.496 e. The maximum atomic E-state index is 13.8. The molecule has 204 valence electrons. The van der Waals surface area contributed by atoms with Crippen molar-refractivity contribution in [2.24, 2.45) is 5.10 Å². The third-order valence-electron chi connectivity index (χ3n) is 6.93. The molecule has 0 atom stereocenters. The average Bonchev–Trinajstić information content (AvgIpc) is 3.29. The Balaban J connectivity index is 1.70. The van der Waals surface area contributed by atoms with Crippen molar-refractivity contribution in [1.82, 2.24) is 14.2 Å². The molecule has 0 spiro atoms. The van der Waals surface area contributed by atoms with Gasteiger partial charge in [-0.2, -0.15) is 9.78 Å². The number of aryl methyl sites for hydroxylation is 1. The maximum Gasteiger partial charge on any atom is 0.325 e. The minimum absolute atomic E-state index is 0.0773. The van der Waals surface area contributed by atoms with Gasteiger partial charge in [-0.25, -0.2) is 4.98 Å². The third-order valence-corrected chi connectivity index (χ3v) is 6.93. The monoisotopic (exact) mass is 536 g/mol. The van der Waals surface area contributed by atoms with Crippen LogP contribution in [0.5, 0.6) is 5.75 Å². The number of hydrogen-bond donors (Lipinski definition) is 0. The van der Waals surface area contributed by atoms with E-state index in [9.17, 15) is 9.59 Å². The minimum atomic E-state index is -0.320. The number of para-hydroxylation sites is 2. The molecular formula is C32H32N4O4. The van der Waals surface area contributed by atoms with Gasteiger partial charge in [0.2, 0.25) is 0 Å². The van der Waals surface area contributed by atoms with Gasteiger partial charge in [-0.3, -0.25) is 9.59 Å². The fraction of sp³-hybridized carbons (Fsp3) is 0.250. The molecule has 0 aliphatic heterocycles. The highest BCUT2D eigenvalue weighted by Gasteiger charge is 2.19. The topological polar surface area (TPSA) is 87.7 Å². The fourth-order valence-electron chi connectivity index (χ4n) is 4.95. The van der Waals surface area contributed by atoms with Crippen LogP contribution in [-0.4, -0.2) is 40.1 Å². The maximum absolute atomic E-state index is 13.8. The van der Waals surface area contributed by atoms with Crippen LogP contribution in [0.3, 0.4) is 0 Å². The zero-order valence-electron chi connectivity index (χ0n) is 23.3. The summed E-state index contributed by atoms with van der Waals surface area (Å²) < 4.78 is 14.0. The van der Waals surface area contributed by atoms with E-state index in [-0.39, 0.29) is 24.0 Å². The predicted molar refractivity (Wildman–Crippen MR) is 158 cm³/mol. The molecule has 0 radical (unpaired) electrons. The number of nitrogens with zero attached hydrogens (tertiary/aromatic N) is 4. The number of methoxy groups -OCH3 is 1. The molecule has 5 aromatic rings. The Labute approximate surface area is 232 Å². The Bertz CT molecular complexity index is 1810. The summed E-state index contributed by atoms with van der Waals surface area (Å²) in [5, 5.41) is 6.08. The Morgan fingerprint density at radius 2 is 1.80 bits per heavy atom. The number of esters is 1. The van der Waals surface area contributed by atoms with Crippen LogP contribution in [0.4, 0.5) is 0 Å². The lowest BCUT2D eigenvalue weighted by Gasteiger charge is -2.17. The molecule has 8 heteroatoms. The second-order valence-electron chi connectivity index (χ2n) is 9.91. The van der Waals surface area contributed by atoms with E-state index in [1.165, 1.54) is 4.68 Å². The summed E-state index contributed by atoms with van der Waals surface area (Å²) in [6, 6.07) is 19.0. The standard InChI is InChI=1S/C32H32N4O4/c1-6-40-30(37)19-35-18-22(23-11-8-10-14-28(23)35)17-33-36-31(34-27-13-9-7-12-24(27)32(36)38)26-16-25(20(2)3)29(39-5)15-21(26)4/h7-18,20H,6,19H2,1-5H3. The number of carbonyl (C=O) groups excluding carboxylic acids is 1. The second-order valence-corrected chi connectivity index (χ2v) is 9.91. The Morgan fingerprint density at radius 1 is 1.07 bits per heavy atom. The molecule has 2 aromatic heterocycles. The van der Waals surface area contributed by atoms with Gasteiger partial charge < -0.3 is 14.0 Å². The summed E-state index contributed by atoms with van der Waals surface area (Å²) >= 11 is 0. The molecule has 0 bridgehead atoms. The number of fused-ring (bicyclic) bond motifs is 2. The van der Waals surface area contributed by atoms with Crippen LogP contribution in [-0.2, 0) is 16.1 Å². The molecule has 0 aliphatic carbocycles. The van der Waals surface area contributed by atoms with E-state index in [0.717, 1.165) is 38.9 Å². The van der Waals surface area contributed by atoms with Crippen LogP contribution in [0.2, 0.25) is 0 Å². The molecule has 0 unspecified atom stereocenters. The number of ether oxygens (including phenoxy) is 2. The lowest BCUT2D eigenvalue weighted by molar-refractivity contribution is -0.143. The third kappa shape index (κ3) is 5.00. The number of aromatic nitrogens is 3. The molecule has 0 N–H and O–H groups in total. The van der Waals surface area contributed by atoms with E-state index >= 15 is 0 Å². The van der Waals surface area contributed by atoms with E-state index in [4.69, 9.17) is 19.6 Å². The first-order chi connectivity index (χ1) is 19.3. The molecule has 2 heterocycles. The number of hydrogen-bond acceptors (Lipinski definition) is 6. The van der Waals surface area contributed by atoms with Crippen molar-refractivity contribution in [2.75, 3.05) is 13.7 Å². The lowest BCUT2D eigenvalue weighted by atomic mass is 9.96. The molecule has 0 saturated carbocycles. The molecule has 8 nitrogen and oxygen atoms in total. The van der Waals surface area contributed by atoms with Crippen molar-refractivity contribution in [3.8, 4) is 17.1 Å². The van der Waals surface area contributed by atoms with Gasteiger partial charge in [-0.15, -0.1) is 0 Å². The van der Waals surface area contributed by atoms with Crippen molar-refractivity contribution in [3.05, 3.63) is 93.9 Å². The molecule has 40 heavy (non-hydrogen) atoms. The first-order valence-electron chi connectivity index (χ1n) is 13.3. The molecule has 3 aromatic carbocycles. The lowest BCUT2D eigenvalue weighted by Crippen LogP contribution is -2.20. The summed E-state index contributed by atoms with van der Waals surface area (Å²) in [5.74, 6) is 1.12. The smallest absolute Gasteiger partial charge is 0.325 e. The highest BCUT2D eigenvalue weighted by molar-refractivity contribution is 6.00. The zero-order chi connectivity index (χ0) is 28.4. The normalized spacial score (nSPS) is 11.7. The van der Waals surface area contributed by atoms with Gasteiger partial charge >= 0.3 is 5.97 Å². The molecule has 0 fully saturated rings. The summed E-state index contributed by atoms with van der Waals surface area (Å²) in [5.41, 5.74) is 4.69. The fourth-order valence-corrected chi connectivity index (χ4v) is 4.95. The van der Waals surface area contributed by atoms with Crippen LogP contribution in [0.15, 0.2) is 76.8 Å². The quantitative estimate of drug-likeness (QED) is 0.182. The SMILES string of the molecule is CCOC(=O)Cn1cc(C=Nn2c(-c3cc(C(C)C)c(OC)cc3C)nc3ccccc3c2=O)c2ccccc21. The summed E-state index contributed by atoms with van der Waals surface area (Å²) in [4.78, 5) is 30.9. The van der Waals surface area contributed by atoms with E-state index in [2.05, 4.69) is 13.8 Å². The predicted octanol–water partition coefficient (Wildman–Crippen LogP) is 5.90. The van der Waals surface area contributed by atoms with Crippen molar-refractivity contribution in [2.45, 2.75) is 40.2 Å². The first kappa shape index (κ1) is 26.9. The van der Waals surface area contributed by atoms with Crippen molar-refractivity contribution in [1.29, 1.82) is 0 Å². The van der Waals surface area contributed by atoms with Crippen molar-refractivity contribution < 1.29 is 14.3 Å². The molecule has 0 aliphatic rings. The second kappa shape index (κ2) is 11.2. The highest BCUT2D eigenvalue weighted by Crippen LogP contribution is 2.34. The van der Waals surface area contributed by atoms with Gasteiger partial charge in [0.25, 0.3) is 5.56 Å². The van der Waals surface area contributed by atoms with Gasteiger partial charge in [0.15, 0.2) is 5.82 Å². The molecule has 0 saturated heterocycles. The van der Waals surface area contributed by atoms with Gasteiger partial charge in [-0.1, -0.05) is 44.2 Å². The Kier molecular flexibility index (Phi) is 7.51. The zero-order valence-corrected chi connectivity index (χ0v) is 23.3. The summed E-state index contributed by atoms with van der Waals surface area (Å²) in [7, 11) is 1.66. The van der Waals surface area contributed by atoms with E-state index in [0.29, 0.717) is 23.3 Å². The summed E-state index contributed by atoms with van der Waals surface area (Å²) in [6.45, 7) is 8.35. The number of carbonyl (C=O) groups is 1. The van der Waals surface area contributed by atoms with E-state index in [1.807, 2.05) is 72.3 Å². The largest absolute Gasteiger partial charge is 0.496 e. The van der Waals surface area contributed by atoms with E-state index < -0.39 is 0 Å². The van der Waals surface area contributed by atoms with Crippen LogP contribution in [0.25, 0.3) is 33.2 Å². The average molecular weight is 537 g/mol. The number of rotatable bonds is 8. The van der Waals surface area contributed by atoms with Crippen LogP contribution in [0.1, 0.15) is 43.4 Å². The van der Waals surface area contributed by atoms with Gasteiger partial charge in [-0.05, 0) is 61.2 Å². The van der Waals surface area contributed by atoms with Gasteiger partial charge in [0.1, 0.15) is 12.3 Å². The Hall–Kier alpha value is -4.72. The van der Waals surface area contributed by atoms with Crippen molar-refractivity contribution in [3.63, 3.8) is 0 Å². The molecular weight excluding hydrogens is 504 g/mol. The van der Waals surface area contributed by atoms with Gasteiger partial charge in [0, 0.05) is 28.2 Å². The van der Waals surface area contributed by atoms with Gasteiger partial charge in [0.05, 0.1) is 30.8 Å². The van der Waals surface area contributed by atoms with Crippen LogP contribution >= 0.6 is 0 Å². The molecule has 5 rings (SSSR count). The summed E-state index contributed by atoms with van der Waals surface area (Å²) in [6.07, 6.45) is 3.49. The van der Waals surface area contributed by atoms with Crippen molar-refractivity contribution >= 4 is 34.0 Å². The molecule has 0 amide bonds. The number of benzene rings is 3. The Morgan fingerprint density at radius 3 is 2.52 bits per heavy atom. The van der Waals surface area contributed by atoms with E-state index in [1.54, 1.807) is 26.3 Å². The van der Waals surface area contributed by atoms with Crippen LogP contribution < -0.4 is 10.3 Å². The highest BCUT2D eigenvalue weighted by atomic mass is 16.5. The van der Waals surface area contributed by atoms with Crippen LogP contribution in [0, 0.1) is 6.92 Å². The first-order valence-corrected chi connectivity index (χ1v) is 13.3.